The van der Waals surface area contributed by atoms with Crippen LogP contribution in [0.15, 0.2) is 188 Å². The molecule has 0 saturated carbocycles. The maximum absolute atomic E-state index is 2.61. The molecule has 0 amide bonds. The van der Waals surface area contributed by atoms with E-state index < -0.39 is 0 Å². The van der Waals surface area contributed by atoms with E-state index in [0.717, 1.165) is 5.69 Å². The molecule has 7 aromatic carbocycles. The number of hydrogen-bond donors (Lipinski definition) is 0. The lowest BCUT2D eigenvalue weighted by atomic mass is 9.98. The van der Waals surface area contributed by atoms with Gasteiger partial charge in [-0.1, -0.05) is 133 Å². The van der Waals surface area contributed by atoms with Crippen molar-refractivity contribution < 1.29 is 0 Å². The molecule has 0 fully saturated rings. The molecule has 0 N–H and O–H groups in total. The zero-order valence-electron chi connectivity index (χ0n) is 27.8. The van der Waals surface area contributed by atoms with Crippen molar-refractivity contribution in [3.05, 3.63) is 188 Å². The molecule has 1 aliphatic carbocycles. The Bertz CT molecular complexity index is 2880. The van der Waals surface area contributed by atoms with Crippen molar-refractivity contribution in [1.82, 2.24) is 13.7 Å². The molecule has 3 heterocycles. The second kappa shape index (κ2) is 10.9. The predicted molar refractivity (Wildman–Crippen MR) is 215 cm³/mol. The van der Waals surface area contributed by atoms with Crippen molar-refractivity contribution in [3.63, 3.8) is 0 Å². The summed E-state index contributed by atoms with van der Waals surface area (Å²) in [4.78, 5) is 0. The highest BCUT2D eigenvalue weighted by Gasteiger charge is 2.38. The molecule has 0 saturated heterocycles. The number of aromatic nitrogens is 2. The molecule has 238 valence electrons. The van der Waals surface area contributed by atoms with E-state index in [9.17, 15) is 0 Å². The first kappa shape index (κ1) is 28.2. The minimum Gasteiger partial charge on any atom is -0.317 e. The molecule has 0 spiro atoms. The molecule has 1 unspecified atom stereocenters. The van der Waals surface area contributed by atoms with Gasteiger partial charge in [0.25, 0.3) is 0 Å². The largest absolute Gasteiger partial charge is 0.317 e. The number of allylic oxidation sites excluding steroid dienone is 4. The van der Waals surface area contributed by atoms with Crippen molar-refractivity contribution in [2.24, 2.45) is 0 Å². The molecule has 11 rings (SSSR count). The number of rotatable bonds is 4. The lowest BCUT2D eigenvalue weighted by Gasteiger charge is -2.24. The lowest BCUT2D eigenvalue weighted by molar-refractivity contribution is 0.783. The summed E-state index contributed by atoms with van der Waals surface area (Å²) in [7, 11) is 0. The molecule has 51 heavy (non-hydrogen) atoms. The minimum atomic E-state index is 0.0453. The van der Waals surface area contributed by atoms with Crippen LogP contribution < -0.4 is 4.58 Å². The number of para-hydroxylation sites is 3. The maximum atomic E-state index is 2.61. The van der Waals surface area contributed by atoms with E-state index in [4.69, 9.17) is 0 Å². The number of hydrogen-bond acceptors (Lipinski definition) is 0. The molecule has 2 aliphatic rings. The van der Waals surface area contributed by atoms with E-state index in [-0.39, 0.29) is 6.04 Å². The van der Waals surface area contributed by atoms with Gasteiger partial charge < -0.3 is 9.13 Å². The zero-order chi connectivity index (χ0) is 33.5. The standard InChI is InChI=1S/C48H32N3/c1-4-15-32(16-5-1)34-29-35(33-17-6-2-7-18-33)31-37(30-34)50-41-23-11-10-21-40(41)46-44(50)28-27-39-38-22-14-26-45-47(38)51(48(39)46)43-25-13-12-24-42(43)49(45)36-19-8-3-9-20-36/h1-31,43H/q+1. The van der Waals surface area contributed by atoms with Gasteiger partial charge in [-0.05, 0) is 52.6 Å². The molecule has 1 aliphatic heterocycles. The monoisotopic (exact) mass is 650 g/mol. The summed E-state index contributed by atoms with van der Waals surface area (Å²) in [6, 6.07) is 59.8. The Labute approximate surface area is 295 Å². The third-order valence-electron chi connectivity index (χ3n) is 10.8. The topological polar surface area (TPSA) is 12.9 Å². The summed E-state index contributed by atoms with van der Waals surface area (Å²) in [6.07, 6.45) is 9.01. The minimum absolute atomic E-state index is 0.0453. The second-order valence-corrected chi connectivity index (χ2v) is 13.5. The van der Waals surface area contributed by atoms with Crippen LogP contribution in [-0.4, -0.2) is 14.8 Å². The van der Waals surface area contributed by atoms with Gasteiger partial charge in [0.15, 0.2) is 0 Å². The highest BCUT2D eigenvalue weighted by Crippen LogP contribution is 2.47. The van der Waals surface area contributed by atoms with Crippen LogP contribution in [0.4, 0.5) is 11.4 Å². The third-order valence-corrected chi connectivity index (χ3v) is 10.8. The number of fused-ring (bicyclic) bond motifs is 9. The van der Waals surface area contributed by atoms with E-state index in [0.29, 0.717) is 0 Å². The van der Waals surface area contributed by atoms with Crippen LogP contribution in [0.2, 0.25) is 0 Å². The summed E-state index contributed by atoms with van der Waals surface area (Å²) in [5.74, 6) is 0. The van der Waals surface area contributed by atoms with Gasteiger partial charge >= 0.3 is 0 Å². The number of benzene rings is 7. The van der Waals surface area contributed by atoms with Crippen molar-refractivity contribution in [2.75, 3.05) is 0 Å². The molecule has 0 radical (unpaired) electrons. The molecule has 3 nitrogen and oxygen atoms in total. The highest BCUT2D eigenvalue weighted by molar-refractivity contribution is 6.28. The first-order valence-corrected chi connectivity index (χ1v) is 17.7. The van der Waals surface area contributed by atoms with E-state index in [2.05, 4.69) is 202 Å². The Kier molecular flexibility index (Phi) is 6.02. The normalized spacial score (nSPS) is 15.0. The molecule has 9 aromatic rings. The Balaban J connectivity index is 1.26. The maximum Gasteiger partial charge on any atom is 0.235 e. The van der Waals surface area contributed by atoms with Gasteiger partial charge in [0.2, 0.25) is 17.1 Å². The van der Waals surface area contributed by atoms with Crippen LogP contribution in [0.25, 0.3) is 71.6 Å². The molecular formula is C48H32N3+. The van der Waals surface area contributed by atoms with Crippen LogP contribution in [0.3, 0.4) is 0 Å². The van der Waals surface area contributed by atoms with Crippen LogP contribution in [-0.2, 0) is 0 Å². The average molecular weight is 651 g/mol. The van der Waals surface area contributed by atoms with Gasteiger partial charge in [0.1, 0.15) is 11.6 Å². The number of nitrogens with zero attached hydrogens (tertiary/aromatic N) is 3. The van der Waals surface area contributed by atoms with Gasteiger partial charge in [-0.15, -0.1) is 0 Å². The van der Waals surface area contributed by atoms with E-state index in [1.165, 1.54) is 83.0 Å². The summed E-state index contributed by atoms with van der Waals surface area (Å²) in [5, 5.41) is 5.10. The van der Waals surface area contributed by atoms with Crippen molar-refractivity contribution in [1.29, 1.82) is 0 Å². The lowest BCUT2D eigenvalue weighted by Crippen LogP contribution is -2.30. The van der Waals surface area contributed by atoms with Crippen LogP contribution in [0.1, 0.15) is 6.04 Å². The second-order valence-electron chi connectivity index (χ2n) is 13.5. The first-order valence-electron chi connectivity index (χ1n) is 17.7. The Hall–Kier alpha value is -6.71. The van der Waals surface area contributed by atoms with Crippen LogP contribution in [0, 0.1) is 0 Å². The predicted octanol–water partition coefficient (Wildman–Crippen LogP) is 12.2. The summed E-state index contributed by atoms with van der Waals surface area (Å²) < 4.78 is 7.55. The van der Waals surface area contributed by atoms with Gasteiger partial charge in [-0.25, -0.2) is 0 Å². The molecule has 2 aromatic heterocycles. The quantitative estimate of drug-likeness (QED) is 0.168. The first-order chi connectivity index (χ1) is 25.3. The third kappa shape index (κ3) is 4.09. The average Bonchev–Trinajstić information content (AvgIpc) is 3.73. The van der Waals surface area contributed by atoms with E-state index >= 15 is 0 Å². The molecule has 0 bridgehead atoms. The van der Waals surface area contributed by atoms with E-state index in [1.807, 2.05) is 0 Å². The SMILES string of the molecule is C1=CC2=[N+](c3ccccc3)c3cccc4c5ccc6c(c7ccccc7n6-c6cc(-c7ccccc7)cc(-c7ccccc7)c6)c5n(c34)C2C=C1. The fourth-order valence-corrected chi connectivity index (χ4v) is 8.65. The summed E-state index contributed by atoms with van der Waals surface area (Å²) >= 11 is 0. The van der Waals surface area contributed by atoms with Gasteiger partial charge in [0, 0.05) is 51.5 Å². The fourth-order valence-electron chi connectivity index (χ4n) is 8.65. The Morgan fingerprint density at radius 3 is 1.86 bits per heavy atom. The Morgan fingerprint density at radius 2 is 1.12 bits per heavy atom. The van der Waals surface area contributed by atoms with Gasteiger partial charge in [0.05, 0.1) is 16.6 Å². The van der Waals surface area contributed by atoms with Crippen molar-refractivity contribution in [3.8, 4) is 27.9 Å². The Morgan fingerprint density at radius 1 is 0.471 bits per heavy atom. The van der Waals surface area contributed by atoms with Crippen molar-refractivity contribution >= 4 is 60.7 Å². The van der Waals surface area contributed by atoms with Gasteiger partial charge in [-0.3, -0.25) is 0 Å². The molecule has 1 atom stereocenters. The highest BCUT2D eigenvalue weighted by atomic mass is 15.2. The summed E-state index contributed by atoms with van der Waals surface area (Å²) in [6.45, 7) is 0. The van der Waals surface area contributed by atoms with Gasteiger partial charge in [-0.2, -0.15) is 4.58 Å². The fraction of sp³-hybridized carbons (Fsp3) is 0.0208. The van der Waals surface area contributed by atoms with Crippen LogP contribution in [0.5, 0.6) is 0 Å². The van der Waals surface area contributed by atoms with Crippen molar-refractivity contribution in [2.45, 2.75) is 6.04 Å². The van der Waals surface area contributed by atoms with E-state index in [1.54, 1.807) is 0 Å². The van der Waals surface area contributed by atoms with Crippen LogP contribution >= 0.6 is 0 Å². The summed E-state index contributed by atoms with van der Waals surface area (Å²) in [5.41, 5.74) is 14.6. The zero-order valence-corrected chi connectivity index (χ0v) is 27.8. The molecular weight excluding hydrogens is 619 g/mol. The smallest absolute Gasteiger partial charge is 0.235 e. The molecule has 3 heteroatoms.